The van der Waals surface area contributed by atoms with E-state index in [0.717, 1.165) is 5.56 Å². The van der Waals surface area contributed by atoms with Crippen LogP contribution >= 0.6 is 0 Å². The SMILES string of the molecule is CC(=Cc1ccc2c(c1)C1CCCC1N2c1ccc(C=C(c2ccccc2)c2ccccc2)cc1)C(=O)O. The van der Waals surface area contributed by atoms with Gasteiger partial charge >= 0.3 is 5.97 Å². The van der Waals surface area contributed by atoms with Crippen molar-refractivity contribution in [1.82, 2.24) is 0 Å². The smallest absolute Gasteiger partial charge is 0.331 e. The van der Waals surface area contributed by atoms with Crippen LogP contribution in [-0.2, 0) is 4.79 Å². The monoisotopic (exact) mass is 497 g/mol. The summed E-state index contributed by atoms with van der Waals surface area (Å²) in [5.74, 6) is -0.381. The van der Waals surface area contributed by atoms with Gasteiger partial charge in [0.15, 0.2) is 0 Å². The highest BCUT2D eigenvalue weighted by atomic mass is 16.4. The van der Waals surface area contributed by atoms with E-state index in [1.165, 1.54) is 58.5 Å². The third kappa shape index (κ3) is 4.56. The molecule has 1 N–H and O–H groups in total. The molecule has 0 amide bonds. The number of carboxylic acid groups (broad SMARTS) is 1. The zero-order valence-electron chi connectivity index (χ0n) is 21.5. The van der Waals surface area contributed by atoms with E-state index in [0.29, 0.717) is 17.5 Å². The summed E-state index contributed by atoms with van der Waals surface area (Å²) in [6, 6.07) is 36.9. The van der Waals surface area contributed by atoms with Gasteiger partial charge in [0, 0.05) is 28.9 Å². The molecule has 2 aliphatic rings. The number of anilines is 2. The zero-order chi connectivity index (χ0) is 26.1. The van der Waals surface area contributed by atoms with Crippen LogP contribution in [0.4, 0.5) is 11.4 Å². The van der Waals surface area contributed by atoms with Gasteiger partial charge in [0.2, 0.25) is 0 Å². The van der Waals surface area contributed by atoms with Crippen molar-refractivity contribution in [2.24, 2.45) is 0 Å². The van der Waals surface area contributed by atoms with Crippen molar-refractivity contribution < 1.29 is 9.90 Å². The second-order valence-electron chi connectivity index (χ2n) is 10.3. The van der Waals surface area contributed by atoms with E-state index in [1.54, 1.807) is 13.0 Å². The molecule has 38 heavy (non-hydrogen) atoms. The van der Waals surface area contributed by atoms with Crippen molar-refractivity contribution in [2.45, 2.75) is 38.1 Å². The summed E-state index contributed by atoms with van der Waals surface area (Å²) in [5, 5.41) is 9.30. The maximum atomic E-state index is 11.3. The summed E-state index contributed by atoms with van der Waals surface area (Å²) in [4.78, 5) is 13.8. The van der Waals surface area contributed by atoms with Gasteiger partial charge in [-0.15, -0.1) is 0 Å². The largest absolute Gasteiger partial charge is 0.478 e. The topological polar surface area (TPSA) is 40.5 Å². The van der Waals surface area contributed by atoms with E-state index >= 15 is 0 Å². The summed E-state index contributed by atoms with van der Waals surface area (Å²) in [5.41, 5.74) is 9.91. The van der Waals surface area contributed by atoms with Gasteiger partial charge in [0.05, 0.1) is 0 Å². The predicted octanol–water partition coefficient (Wildman–Crippen LogP) is 8.55. The van der Waals surface area contributed by atoms with Gasteiger partial charge in [-0.2, -0.15) is 0 Å². The molecule has 6 rings (SSSR count). The fourth-order valence-corrected chi connectivity index (χ4v) is 6.08. The first kappa shape index (κ1) is 24.0. The standard InChI is InChI=1S/C35H31NO2/c1-24(35(37)38)21-26-17-20-34-32(23-26)30-13-8-14-33(30)36(34)29-18-15-25(16-19-29)22-31(27-9-4-2-5-10-27)28-11-6-3-7-12-28/h2-7,9-12,15-23,30,33H,8,13-14H2,1H3,(H,37,38). The normalized spacial score (nSPS) is 18.1. The van der Waals surface area contributed by atoms with Gasteiger partial charge in [-0.05, 0) is 89.6 Å². The maximum absolute atomic E-state index is 11.3. The minimum absolute atomic E-state index is 0.358. The molecule has 1 heterocycles. The molecule has 1 aliphatic heterocycles. The van der Waals surface area contributed by atoms with Gasteiger partial charge in [-0.25, -0.2) is 4.79 Å². The number of fused-ring (bicyclic) bond motifs is 3. The van der Waals surface area contributed by atoms with Crippen molar-refractivity contribution in [1.29, 1.82) is 0 Å². The number of hydrogen-bond acceptors (Lipinski definition) is 2. The van der Waals surface area contributed by atoms with E-state index in [9.17, 15) is 9.90 Å². The summed E-state index contributed by atoms with van der Waals surface area (Å²) in [7, 11) is 0. The molecule has 4 aromatic rings. The van der Waals surface area contributed by atoms with E-state index in [-0.39, 0.29) is 0 Å². The maximum Gasteiger partial charge on any atom is 0.331 e. The Morgan fingerprint density at radius 3 is 2.05 bits per heavy atom. The Hall–Kier alpha value is -4.37. The lowest BCUT2D eigenvalue weighted by Gasteiger charge is -2.27. The molecule has 0 aromatic heterocycles. The Balaban J connectivity index is 1.35. The molecular weight excluding hydrogens is 466 g/mol. The molecule has 0 saturated heterocycles. The van der Waals surface area contributed by atoms with Crippen molar-refractivity contribution in [2.75, 3.05) is 4.90 Å². The Morgan fingerprint density at radius 1 is 0.789 bits per heavy atom. The summed E-state index contributed by atoms with van der Waals surface area (Å²) in [6.07, 6.45) is 7.61. The molecule has 3 nitrogen and oxygen atoms in total. The molecule has 3 heteroatoms. The summed E-state index contributed by atoms with van der Waals surface area (Å²) < 4.78 is 0. The van der Waals surface area contributed by atoms with E-state index in [2.05, 4.69) is 108 Å². The van der Waals surface area contributed by atoms with Crippen molar-refractivity contribution in [3.8, 4) is 0 Å². The minimum atomic E-state index is -0.873. The van der Waals surface area contributed by atoms with Crippen LogP contribution in [0.1, 0.15) is 59.9 Å². The van der Waals surface area contributed by atoms with Crippen LogP contribution in [0.3, 0.4) is 0 Å². The second kappa shape index (κ2) is 10.2. The molecule has 0 bridgehead atoms. The molecule has 1 fully saturated rings. The third-order valence-corrected chi connectivity index (χ3v) is 7.89. The van der Waals surface area contributed by atoms with Gasteiger partial charge in [0.1, 0.15) is 0 Å². The van der Waals surface area contributed by atoms with Crippen molar-refractivity contribution in [3.63, 3.8) is 0 Å². The molecule has 0 radical (unpaired) electrons. The molecule has 0 spiro atoms. The fourth-order valence-electron chi connectivity index (χ4n) is 6.08. The number of hydrogen-bond donors (Lipinski definition) is 1. The van der Waals surface area contributed by atoms with Crippen molar-refractivity contribution >= 4 is 35.1 Å². The average molecular weight is 498 g/mol. The fraction of sp³-hybridized carbons (Fsp3) is 0.171. The van der Waals surface area contributed by atoms with Crippen LogP contribution in [0.15, 0.2) is 109 Å². The Morgan fingerprint density at radius 2 is 1.42 bits per heavy atom. The van der Waals surface area contributed by atoms with E-state index in [4.69, 9.17) is 0 Å². The lowest BCUT2D eigenvalue weighted by Crippen LogP contribution is -2.26. The van der Waals surface area contributed by atoms with E-state index < -0.39 is 5.97 Å². The zero-order valence-corrected chi connectivity index (χ0v) is 21.5. The summed E-state index contributed by atoms with van der Waals surface area (Å²) in [6.45, 7) is 1.65. The number of aliphatic carboxylic acids is 1. The minimum Gasteiger partial charge on any atom is -0.478 e. The Kier molecular flexibility index (Phi) is 6.43. The first-order chi connectivity index (χ1) is 18.6. The molecule has 1 aliphatic carbocycles. The van der Waals surface area contributed by atoms with Crippen LogP contribution < -0.4 is 4.90 Å². The lowest BCUT2D eigenvalue weighted by atomic mass is 9.95. The lowest BCUT2D eigenvalue weighted by molar-refractivity contribution is -0.132. The molecule has 1 saturated carbocycles. The summed E-state index contributed by atoms with van der Waals surface area (Å²) >= 11 is 0. The first-order valence-electron chi connectivity index (χ1n) is 13.4. The average Bonchev–Trinajstić information content (AvgIpc) is 3.54. The van der Waals surface area contributed by atoms with Gasteiger partial charge in [-0.1, -0.05) is 85.3 Å². The second-order valence-corrected chi connectivity index (χ2v) is 10.3. The number of nitrogens with zero attached hydrogens (tertiary/aromatic N) is 1. The van der Waals surface area contributed by atoms with Crippen LogP contribution in [0.25, 0.3) is 17.7 Å². The molecule has 2 unspecified atom stereocenters. The number of carbonyl (C=O) groups is 1. The Bertz CT molecular complexity index is 1480. The molecular formula is C35H31NO2. The quantitative estimate of drug-likeness (QED) is 0.214. The van der Waals surface area contributed by atoms with Crippen LogP contribution in [0.5, 0.6) is 0 Å². The van der Waals surface area contributed by atoms with Gasteiger partial charge in [-0.3, -0.25) is 0 Å². The highest BCUT2D eigenvalue weighted by Crippen LogP contribution is 2.52. The Labute approximate surface area is 224 Å². The molecule has 2 atom stereocenters. The van der Waals surface area contributed by atoms with Gasteiger partial charge in [0.25, 0.3) is 0 Å². The molecule has 4 aromatic carbocycles. The number of benzene rings is 4. The predicted molar refractivity (Wildman–Crippen MR) is 157 cm³/mol. The van der Waals surface area contributed by atoms with Crippen LogP contribution in [0, 0.1) is 0 Å². The highest BCUT2D eigenvalue weighted by molar-refractivity contribution is 5.92. The molecule has 188 valence electrons. The van der Waals surface area contributed by atoms with Crippen molar-refractivity contribution in [3.05, 3.63) is 137 Å². The van der Waals surface area contributed by atoms with Gasteiger partial charge < -0.3 is 10.0 Å². The van der Waals surface area contributed by atoms with E-state index in [1.807, 2.05) is 6.07 Å². The third-order valence-electron chi connectivity index (χ3n) is 7.89. The van der Waals surface area contributed by atoms with Crippen LogP contribution in [-0.4, -0.2) is 17.1 Å². The number of rotatable bonds is 6. The highest BCUT2D eigenvalue weighted by Gasteiger charge is 2.42. The number of carboxylic acids is 1. The van der Waals surface area contributed by atoms with Crippen LogP contribution in [0.2, 0.25) is 0 Å². The first-order valence-corrected chi connectivity index (χ1v) is 13.4.